The summed E-state index contributed by atoms with van der Waals surface area (Å²) in [5.41, 5.74) is 5.25. The van der Waals surface area contributed by atoms with Crippen LogP contribution in [-0.4, -0.2) is 0 Å². The van der Waals surface area contributed by atoms with Gasteiger partial charge in [-0.3, -0.25) is 0 Å². The third-order valence-corrected chi connectivity index (χ3v) is 3.35. The number of rotatable bonds is 4. The Morgan fingerprint density at radius 2 is 1.67 bits per heavy atom. The molecule has 0 spiro atoms. The molecule has 0 fully saturated rings. The van der Waals surface area contributed by atoms with Gasteiger partial charge in [-0.1, -0.05) is 55.0 Å². The molecular weight excluding hydrogens is 218 g/mol. The average Bonchev–Trinajstić information content (AvgIpc) is 2.40. The first kappa shape index (κ1) is 12.7. The monoisotopic (exact) mass is 239 g/mol. The van der Waals surface area contributed by atoms with Crippen molar-refractivity contribution < 1.29 is 0 Å². The zero-order chi connectivity index (χ0) is 13.0. The van der Waals surface area contributed by atoms with E-state index in [9.17, 15) is 0 Å². The third-order valence-electron chi connectivity index (χ3n) is 3.35. The number of para-hydroxylation sites is 1. The highest BCUT2D eigenvalue weighted by Gasteiger charge is 2.06. The molecule has 0 aliphatic carbocycles. The maximum Gasteiger partial charge on any atom is 0.0485 e. The van der Waals surface area contributed by atoms with Crippen molar-refractivity contribution in [2.45, 2.75) is 33.2 Å². The molecular formula is C17H21N. The maximum atomic E-state index is 3.60. The number of benzene rings is 2. The predicted molar refractivity (Wildman–Crippen MR) is 79.0 cm³/mol. The van der Waals surface area contributed by atoms with Gasteiger partial charge in [0, 0.05) is 11.7 Å². The molecule has 2 rings (SSSR count). The van der Waals surface area contributed by atoms with Crippen molar-refractivity contribution in [3.63, 3.8) is 0 Å². The number of hydrogen-bond acceptors (Lipinski definition) is 1. The zero-order valence-electron chi connectivity index (χ0n) is 11.4. The number of hydrogen-bond donors (Lipinski definition) is 1. The van der Waals surface area contributed by atoms with Crippen LogP contribution in [0.4, 0.5) is 5.69 Å². The Balaban J connectivity index is 2.15. The van der Waals surface area contributed by atoms with E-state index in [1.54, 1.807) is 0 Å². The molecule has 2 aromatic rings. The molecule has 0 saturated heterocycles. The molecule has 0 bridgehead atoms. The quantitative estimate of drug-likeness (QED) is 0.813. The van der Waals surface area contributed by atoms with Gasteiger partial charge in [-0.05, 0) is 37.5 Å². The minimum absolute atomic E-state index is 0.332. The Morgan fingerprint density at radius 1 is 1.00 bits per heavy atom. The molecule has 0 radical (unpaired) electrons. The lowest BCUT2D eigenvalue weighted by Gasteiger charge is -2.18. The molecule has 1 atom stereocenters. The van der Waals surface area contributed by atoms with Crippen molar-refractivity contribution in [3.05, 3.63) is 65.2 Å². The maximum absolute atomic E-state index is 3.60. The SMILES string of the molecule is CCc1ccccc1NC(C)c1ccc(C)cc1. The number of anilines is 1. The van der Waals surface area contributed by atoms with Crippen LogP contribution in [0.2, 0.25) is 0 Å². The first-order chi connectivity index (χ1) is 8.70. The van der Waals surface area contributed by atoms with Crippen LogP contribution in [0.5, 0.6) is 0 Å². The summed E-state index contributed by atoms with van der Waals surface area (Å²) in [7, 11) is 0. The molecule has 0 aromatic heterocycles. The third kappa shape index (κ3) is 2.92. The van der Waals surface area contributed by atoms with Crippen LogP contribution in [-0.2, 0) is 6.42 Å². The highest BCUT2D eigenvalue weighted by molar-refractivity contribution is 5.52. The molecule has 18 heavy (non-hydrogen) atoms. The largest absolute Gasteiger partial charge is 0.378 e. The summed E-state index contributed by atoms with van der Waals surface area (Å²) in [4.78, 5) is 0. The van der Waals surface area contributed by atoms with Gasteiger partial charge in [-0.25, -0.2) is 0 Å². The fraction of sp³-hybridized carbons (Fsp3) is 0.294. The summed E-state index contributed by atoms with van der Waals surface area (Å²) in [5, 5.41) is 3.60. The summed E-state index contributed by atoms with van der Waals surface area (Å²) in [6, 6.07) is 17.6. The van der Waals surface area contributed by atoms with E-state index >= 15 is 0 Å². The summed E-state index contributed by atoms with van der Waals surface area (Å²) in [5.74, 6) is 0. The van der Waals surface area contributed by atoms with Crippen LogP contribution < -0.4 is 5.32 Å². The van der Waals surface area contributed by atoms with E-state index in [1.807, 2.05) is 0 Å². The second kappa shape index (κ2) is 5.72. The predicted octanol–water partition coefficient (Wildman–Crippen LogP) is 4.73. The second-order valence-electron chi connectivity index (χ2n) is 4.79. The van der Waals surface area contributed by atoms with Crippen molar-refractivity contribution in [1.82, 2.24) is 0 Å². The Morgan fingerprint density at radius 3 is 2.33 bits per heavy atom. The topological polar surface area (TPSA) is 12.0 Å². The van der Waals surface area contributed by atoms with Crippen LogP contribution in [0.25, 0.3) is 0 Å². The van der Waals surface area contributed by atoms with Crippen molar-refractivity contribution in [2.75, 3.05) is 5.32 Å². The minimum Gasteiger partial charge on any atom is -0.378 e. The first-order valence-corrected chi connectivity index (χ1v) is 6.61. The number of aryl methyl sites for hydroxylation is 2. The van der Waals surface area contributed by atoms with E-state index in [-0.39, 0.29) is 0 Å². The number of nitrogens with one attached hydrogen (secondary N) is 1. The molecule has 0 heterocycles. The molecule has 0 aliphatic heterocycles. The van der Waals surface area contributed by atoms with E-state index < -0.39 is 0 Å². The summed E-state index contributed by atoms with van der Waals surface area (Å²) >= 11 is 0. The highest BCUT2D eigenvalue weighted by atomic mass is 14.9. The van der Waals surface area contributed by atoms with Crippen LogP contribution >= 0.6 is 0 Å². The van der Waals surface area contributed by atoms with Gasteiger partial charge < -0.3 is 5.32 Å². The lowest BCUT2D eigenvalue weighted by molar-refractivity contribution is 0.879. The van der Waals surface area contributed by atoms with E-state index in [1.165, 1.54) is 22.4 Å². The molecule has 1 N–H and O–H groups in total. The van der Waals surface area contributed by atoms with Crippen molar-refractivity contribution in [3.8, 4) is 0 Å². The van der Waals surface area contributed by atoms with Crippen LogP contribution in [0, 0.1) is 6.92 Å². The molecule has 0 amide bonds. The Hall–Kier alpha value is -1.76. The van der Waals surface area contributed by atoms with Gasteiger partial charge in [-0.2, -0.15) is 0 Å². The van der Waals surface area contributed by atoms with Gasteiger partial charge in [0.1, 0.15) is 0 Å². The van der Waals surface area contributed by atoms with Gasteiger partial charge in [-0.15, -0.1) is 0 Å². The van der Waals surface area contributed by atoms with Crippen molar-refractivity contribution in [2.24, 2.45) is 0 Å². The molecule has 2 aromatic carbocycles. The van der Waals surface area contributed by atoms with Gasteiger partial charge in [0.25, 0.3) is 0 Å². The normalized spacial score (nSPS) is 12.2. The molecule has 0 saturated carbocycles. The molecule has 1 heteroatoms. The van der Waals surface area contributed by atoms with E-state index in [4.69, 9.17) is 0 Å². The van der Waals surface area contributed by atoms with Crippen LogP contribution in [0.15, 0.2) is 48.5 Å². The van der Waals surface area contributed by atoms with E-state index in [0.717, 1.165) is 6.42 Å². The molecule has 1 nitrogen and oxygen atoms in total. The fourth-order valence-corrected chi connectivity index (χ4v) is 2.14. The van der Waals surface area contributed by atoms with Gasteiger partial charge >= 0.3 is 0 Å². The fourth-order valence-electron chi connectivity index (χ4n) is 2.14. The summed E-state index contributed by atoms with van der Waals surface area (Å²) < 4.78 is 0. The summed E-state index contributed by atoms with van der Waals surface area (Å²) in [6.45, 7) is 6.52. The first-order valence-electron chi connectivity index (χ1n) is 6.61. The van der Waals surface area contributed by atoms with Gasteiger partial charge in [0.05, 0.1) is 0 Å². The Kier molecular flexibility index (Phi) is 4.03. The van der Waals surface area contributed by atoms with Crippen molar-refractivity contribution >= 4 is 5.69 Å². The lowest BCUT2D eigenvalue weighted by Crippen LogP contribution is -2.08. The standard InChI is InChI=1S/C17H21N/c1-4-15-7-5-6-8-17(15)18-14(3)16-11-9-13(2)10-12-16/h5-12,14,18H,4H2,1-3H3. The lowest BCUT2D eigenvalue weighted by atomic mass is 10.0. The van der Waals surface area contributed by atoms with E-state index in [2.05, 4.69) is 74.6 Å². The molecule has 0 aliphatic rings. The van der Waals surface area contributed by atoms with Crippen LogP contribution in [0.1, 0.15) is 36.6 Å². The minimum atomic E-state index is 0.332. The molecule has 1 unspecified atom stereocenters. The highest BCUT2D eigenvalue weighted by Crippen LogP contribution is 2.22. The van der Waals surface area contributed by atoms with Gasteiger partial charge in [0.15, 0.2) is 0 Å². The van der Waals surface area contributed by atoms with Gasteiger partial charge in [0.2, 0.25) is 0 Å². The van der Waals surface area contributed by atoms with Crippen LogP contribution in [0.3, 0.4) is 0 Å². The molecule has 94 valence electrons. The Labute approximate surface area is 110 Å². The smallest absolute Gasteiger partial charge is 0.0485 e. The second-order valence-corrected chi connectivity index (χ2v) is 4.79. The Bertz CT molecular complexity index is 499. The zero-order valence-corrected chi connectivity index (χ0v) is 11.4. The summed E-state index contributed by atoms with van der Waals surface area (Å²) in [6.07, 6.45) is 1.06. The van der Waals surface area contributed by atoms with Crippen molar-refractivity contribution in [1.29, 1.82) is 0 Å². The van der Waals surface area contributed by atoms with E-state index in [0.29, 0.717) is 6.04 Å². The average molecular weight is 239 g/mol.